The zero-order valence-corrected chi connectivity index (χ0v) is 11.8. The van der Waals surface area contributed by atoms with Crippen molar-refractivity contribution in [2.75, 3.05) is 12.4 Å². The summed E-state index contributed by atoms with van der Waals surface area (Å²) >= 11 is 3.20. The van der Waals surface area contributed by atoms with Gasteiger partial charge in [-0.05, 0) is 25.0 Å². The Hall–Kier alpha value is -0.980. The monoisotopic (exact) mass is 317 g/mol. The average Bonchev–Trinajstić information content (AvgIpc) is 2.37. The van der Waals surface area contributed by atoms with E-state index in [2.05, 4.69) is 25.7 Å². The van der Waals surface area contributed by atoms with E-state index in [9.17, 15) is 15.0 Å². The number of ether oxygens (including phenoxy) is 1. The van der Waals surface area contributed by atoms with E-state index < -0.39 is 18.2 Å². The van der Waals surface area contributed by atoms with Crippen LogP contribution in [0.15, 0.2) is 12.3 Å². The van der Waals surface area contributed by atoms with Crippen molar-refractivity contribution in [3.63, 3.8) is 0 Å². The molecular weight excluding hydrogens is 302 g/mol. The Bertz CT molecular complexity index is 425. The summed E-state index contributed by atoms with van der Waals surface area (Å²) in [6.45, 7) is 1.70. The maximum atomic E-state index is 11.3. The molecular formula is C12H16BrNO4. The van der Waals surface area contributed by atoms with Gasteiger partial charge in [0, 0.05) is 17.1 Å². The number of halogens is 1. The number of aryl methyl sites for hydroxylation is 1. The highest BCUT2D eigenvalue weighted by Gasteiger charge is 2.20. The summed E-state index contributed by atoms with van der Waals surface area (Å²) in [5, 5.41) is 20.2. The van der Waals surface area contributed by atoms with E-state index in [1.165, 1.54) is 13.3 Å². The minimum absolute atomic E-state index is 0.212. The number of hydrogen-bond acceptors (Lipinski definition) is 5. The van der Waals surface area contributed by atoms with Crippen LogP contribution >= 0.6 is 15.9 Å². The number of aliphatic hydroxyl groups excluding tert-OH is 2. The van der Waals surface area contributed by atoms with E-state index in [1.54, 1.807) is 13.0 Å². The van der Waals surface area contributed by atoms with Crippen LogP contribution in [0, 0.1) is 6.92 Å². The van der Waals surface area contributed by atoms with Crippen molar-refractivity contribution in [3.8, 4) is 0 Å². The largest absolute Gasteiger partial charge is 0.464 e. The molecule has 18 heavy (non-hydrogen) atoms. The maximum Gasteiger partial charge on any atom is 0.356 e. The summed E-state index contributed by atoms with van der Waals surface area (Å²) in [5.74, 6) is -0.519. The van der Waals surface area contributed by atoms with Gasteiger partial charge in [-0.3, -0.25) is 0 Å². The Morgan fingerprint density at radius 1 is 1.56 bits per heavy atom. The molecule has 0 spiro atoms. The highest BCUT2D eigenvalue weighted by Crippen LogP contribution is 2.21. The smallest absolute Gasteiger partial charge is 0.356 e. The summed E-state index contributed by atoms with van der Waals surface area (Å²) in [6.07, 6.45) is -0.0737. The molecule has 2 atom stereocenters. The highest BCUT2D eigenvalue weighted by atomic mass is 79.9. The van der Waals surface area contributed by atoms with Gasteiger partial charge in [-0.15, -0.1) is 0 Å². The number of rotatable bonds is 5. The number of aliphatic hydroxyl groups is 2. The number of nitrogens with zero attached hydrogens (tertiary/aromatic N) is 1. The van der Waals surface area contributed by atoms with Gasteiger partial charge in [0.05, 0.1) is 13.2 Å². The van der Waals surface area contributed by atoms with Crippen LogP contribution in [0.3, 0.4) is 0 Å². The number of carbonyl (C=O) groups is 1. The molecule has 2 N–H and O–H groups in total. The van der Waals surface area contributed by atoms with Crippen molar-refractivity contribution in [1.82, 2.24) is 4.98 Å². The fourth-order valence-electron chi connectivity index (χ4n) is 1.56. The van der Waals surface area contributed by atoms with Crippen LogP contribution in [0.1, 0.15) is 34.1 Å². The first-order valence-corrected chi connectivity index (χ1v) is 6.60. The Kier molecular flexibility index (Phi) is 5.71. The van der Waals surface area contributed by atoms with Gasteiger partial charge in [0.2, 0.25) is 0 Å². The number of hydrogen-bond donors (Lipinski definition) is 2. The third kappa shape index (κ3) is 3.51. The first-order valence-electron chi connectivity index (χ1n) is 5.48. The van der Waals surface area contributed by atoms with E-state index in [-0.39, 0.29) is 5.69 Å². The molecule has 1 aromatic heterocycles. The Balaban J connectivity index is 2.93. The van der Waals surface area contributed by atoms with E-state index in [0.717, 1.165) is 0 Å². The first-order chi connectivity index (χ1) is 8.51. The minimum atomic E-state index is -1.01. The molecule has 0 aromatic carbocycles. The number of alkyl halides is 1. The second-order valence-corrected chi connectivity index (χ2v) is 4.71. The van der Waals surface area contributed by atoms with Gasteiger partial charge in [-0.25, -0.2) is 9.78 Å². The predicted molar refractivity (Wildman–Crippen MR) is 69.7 cm³/mol. The third-order valence-corrected chi connectivity index (χ3v) is 3.05. The molecule has 0 aliphatic carbocycles. The van der Waals surface area contributed by atoms with Crippen molar-refractivity contribution in [3.05, 3.63) is 29.1 Å². The summed E-state index contributed by atoms with van der Waals surface area (Å²) < 4.78 is 4.58. The lowest BCUT2D eigenvalue weighted by atomic mass is 10.0. The zero-order chi connectivity index (χ0) is 13.7. The zero-order valence-electron chi connectivity index (χ0n) is 10.3. The average molecular weight is 318 g/mol. The van der Waals surface area contributed by atoms with Crippen molar-refractivity contribution in [2.45, 2.75) is 25.6 Å². The Morgan fingerprint density at radius 3 is 2.72 bits per heavy atom. The summed E-state index contributed by atoms with van der Waals surface area (Å²) in [6, 6.07) is 1.63. The van der Waals surface area contributed by atoms with E-state index in [0.29, 0.717) is 22.9 Å². The topological polar surface area (TPSA) is 79.7 Å². The van der Waals surface area contributed by atoms with Crippen LogP contribution < -0.4 is 0 Å². The van der Waals surface area contributed by atoms with Crippen LogP contribution in [0.2, 0.25) is 0 Å². The highest BCUT2D eigenvalue weighted by molar-refractivity contribution is 9.09. The molecule has 0 aliphatic heterocycles. The quantitative estimate of drug-likeness (QED) is 0.633. The second kappa shape index (κ2) is 6.82. The second-order valence-electron chi connectivity index (χ2n) is 3.92. The molecule has 0 radical (unpaired) electrons. The van der Waals surface area contributed by atoms with E-state index in [4.69, 9.17) is 0 Å². The first kappa shape index (κ1) is 15.1. The van der Waals surface area contributed by atoms with Gasteiger partial charge in [0.1, 0.15) is 6.10 Å². The number of pyridine rings is 1. The maximum absolute atomic E-state index is 11.3. The molecule has 0 amide bonds. The van der Waals surface area contributed by atoms with Crippen molar-refractivity contribution < 1.29 is 19.7 Å². The molecule has 0 bridgehead atoms. The summed E-state index contributed by atoms with van der Waals surface area (Å²) in [4.78, 5) is 15.3. The van der Waals surface area contributed by atoms with Crippen LogP contribution in [0.5, 0.6) is 0 Å². The van der Waals surface area contributed by atoms with E-state index >= 15 is 0 Å². The van der Waals surface area contributed by atoms with Crippen LogP contribution in [-0.4, -0.2) is 39.7 Å². The Morgan fingerprint density at radius 2 is 2.22 bits per heavy atom. The minimum Gasteiger partial charge on any atom is -0.464 e. The van der Waals surface area contributed by atoms with Crippen LogP contribution in [0.4, 0.5) is 0 Å². The number of methoxy groups -OCH3 is 1. The van der Waals surface area contributed by atoms with Gasteiger partial charge < -0.3 is 14.9 Å². The fraction of sp³-hybridized carbons (Fsp3) is 0.500. The molecule has 0 fully saturated rings. The van der Waals surface area contributed by atoms with Crippen LogP contribution in [-0.2, 0) is 4.74 Å². The Labute approximate surface area is 114 Å². The van der Waals surface area contributed by atoms with E-state index in [1.807, 2.05) is 0 Å². The standard InChI is InChI=1S/C12H16BrNO4/c1-7-5-8(11(16)9(15)3-4-13)6-14-10(7)12(17)18-2/h5-6,9,11,15-16H,3-4H2,1-2H3. The predicted octanol–water partition coefficient (Wildman–Crippen LogP) is 1.36. The van der Waals surface area contributed by atoms with Gasteiger partial charge in [-0.1, -0.05) is 15.9 Å². The molecule has 0 aliphatic rings. The van der Waals surface area contributed by atoms with Crippen LogP contribution in [0.25, 0.3) is 0 Å². The molecule has 5 nitrogen and oxygen atoms in total. The SMILES string of the molecule is COC(=O)c1ncc(C(O)C(O)CCBr)cc1C. The molecule has 1 rings (SSSR count). The molecule has 0 saturated carbocycles. The van der Waals surface area contributed by atoms with Gasteiger partial charge in [0.25, 0.3) is 0 Å². The summed E-state index contributed by atoms with van der Waals surface area (Å²) in [7, 11) is 1.28. The molecule has 6 heteroatoms. The number of aromatic nitrogens is 1. The lowest BCUT2D eigenvalue weighted by Gasteiger charge is -2.17. The fourth-order valence-corrected chi connectivity index (χ4v) is 2.03. The van der Waals surface area contributed by atoms with Gasteiger partial charge >= 0.3 is 5.97 Å². The lowest BCUT2D eigenvalue weighted by Crippen LogP contribution is -2.19. The van der Waals surface area contributed by atoms with Crippen molar-refractivity contribution in [2.24, 2.45) is 0 Å². The summed E-state index contributed by atoms with van der Waals surface area (Å²) in [5.41, 5.74) is 1.29. The number of esters is 1. The number of carbonyl (C=O) groups excluding carboxylic acids is 1. The normalized spacial score (nSPS) is 14.1. The lowest BCUT2D eigenvalue weighted by molar-refractivity contribution is 0.0171. The van der Waals surface area contributed by atoms with Crippen molar-refractivity contribution >= 4 is 21.9 Å². The van der Waals surface area contributed by atoms with Gasteiger partial charge in [0.15, 0.2) is 5.69 Å². The van der Waals surface area contributed by atoms with Crippen molar-refractivity contribution in [1.29, 1.82) is 0 Å². The molecule has 0 saturated heterocycles. The molecule has 2 unspecified atom stereocenters. The molecule has 1 aromatic rings. The van der Waals surface area contributed by atoms with Gasteiger partial charge in [-0.2, -0.15) is 0 Å². The molecule has 1 heterocycles. The third-order valence-electron chi connectivity index (χ3n) is 2.59. The molecule has 100 valence electrons.